The Morgan fingerprint density at radius 2 is 1.83 bits per heavy atom. The SMILES string of the molecule is CN1C(=O)c2c(nc(S(=O)(=O)Cl)n2C)N(C)C1O. The van der Waals surface area contributed by atoms with E-state index in [2.05, 4.69) is 4.98 Å². The zero-order valence-corrected chi connectivity index (χ0v) is 11.4. The summed E-state index contributed by atoms with van der Waals surface area (Å²) < 4.78 is 23.7. The summed E-state index contributed by atoms with van der Waals surface area (Å²) in [5, 5.41) is 9.33. The number of aromatic nitrogens is 2. The lowest BCUT2D eigenvalue weighted by Gasteiger charge is -2.35. The maximum atomic E-state index is 12.0. The number of carbonyl (C=O) groups is 1. The van der Waals surface area contributed by atoms with Crippen LogP contribution in [0.4, 0.5) is 5.82 Å². The Morgan fingerprint density at radius 1 is 1.28 bits per heavy atom. The first-order valence-electron chi connectivity index (χ1n) is 4.85. The zero-order valence-electron chi connectivity index (χ0n) is 9.82. The van der Waals surface area contributed by atoms with Crippen LogP contribution in [0.15, 0.2) is 5.16 Å². The number of rotatable bonds is 1. The Kier molecular flexibility index (Phi) is 2.80. The van der Waals surface area contributed by atoms with Crippen molar-refractivity contribution in [3.05, 3.63) is 5.69 Å². The molecule has 1 unspecified atom stereocenters. The number of anilines is 1. The molecule has 0 spiro atoms. The molecule has 100 valence electrons. The smallest absolute Gasteiger partial charge is 0.295 e. The van der Waals surface area contributed by atoms with Gasteiger partial charge in [0.25, 0.3) is 15.0 Å². The molecule has 2 rings (SSSR count). The molecule has 1 aliphatic rings. The number of nitrogens with zero attached hydrogens (tertiary/aromatic N) is 4. The van der Waals surface area contributed by atoms with Crippen LogP contribution in [0.5, 0.6) is 0 Å². The van der Waals surface area contributed by atoms with Gasteiger partial charge in [0, 0.05) is 31.8 Å². The zero-order chi connectivity index (χ0) is 13.8. The normalized spacial score (nSPS) is 20.3. The van der Waals surface area contributed by atoms with Gasteiger partial charge in [0.15, 0.2) is 11.5 Å². The highest BCUT2D eigenvalue weighted by Crippen LogP contribution is 2.30. The van der Waals surface area contributed by atoms with E-state index in [0.717, 1.165) is 9.47 Å². The lowest BCUT2D eigenvalue weighted by Crippen LogP contribution is -2.52. The van der Waals surface area contributed by atoms with E-state index in [9.17, 15) is 18.3 Å². The Balaban J connectivity index is 2.74. The van der Waals surface area contributed by atoms with Crippen LogP contribution in [0.1, 0.15) is 10.5 Å². The number of fused-ring (bicyclic) bond motifs is 1. The van der Waals surface area contributed by atoms with Gasteiger partial charge in [-0.1, -0.05) is 0 Å². The standard InChI is InChI=1S/C8H11ClN4O4S/c1-11-4-5(10-7(11)18(9,16)17)12(2)8(15)13(3)6(4)14/h8,15H,1-3H3. The highest BCUT2D eigenvalue weighted by molar-refractivity contribution is 8.13. The second-order valence-electron chi connectivity index (χ2n) is 3.94. The fraction of sp³-hybridized carbons (Fsp3) is 0.500. The van der Waals surface area contributed by atoms with Crippen LogP contribution in [0.3, 0.4) is 0 Å². The average molecular weight is 295 g/mol. The summed E-state index contributed by atoms with van der Waals surface area (Å²) in [4.78, 5) is 18.1. The molecular formula is C8H11ClN4O4S. The predicted molar refractivity (Wildman–Crippen MR) is 62.8 cm³/mol. The topological polar surface area (TPSA) is 95.7 Å². The number of amides is 1. The molecular weight excluding hydrogens is 284 g/mol. The maximum Gasteiger partial charge on any atom is 0.295 e. The van der Waals surface area contributed by atoms with Crippen LogP contribution < -0.4 is 4.90 Å². The molecule has 1 N–H and O–H groups in total. The van der Waals surface area contributed by atoms with Crippen molar-refractivity contribution in [1.82, 2.24) is 14.5 Å². The van der Waals surface area contributed by atoms with E-state index >= 15 is 0 Å². The van der Waals surface area contributed by atoms with Gasteiger partial charge in [-0.25, -0.2) is 8.42 Å². The molecule has 0 saturated carbocycles. The molecule has 1 aromatic heterocycles. The average Bonchev–Trinajstić information content (AvgIpc) is 2.61. The number of aliphatic hydroxyl groups excluding tert-OH is 1. The van der Waals surface area contributed by atoms with Crippen molar-refractivity contribution < 1.29 is 18.3 Å². The lowest BCUT2D eigenvalue weighted by molar-refractivity contribution is 0.0153. The molecule has 8 nitrogen and oxygen atoms in total. The number of imidazole rings is 1. The van der Waals surface area contributed by atoms with Gasteiger partial charge in [0.2, 0.25) is 11.5 Å². The molecule has 1 atom stereocenters. The number of hydrogen-bond acceptors (Lipinski definition) is 6. The quantitative estimate of drug-likeness (QED) is 0.678. The number of aliphatic hydroxyl groups is 1. The molecule has 0 bridgehead atoms. The highest BCUT2D eigenvalue weighted by Gasteiger charge is 2.38. The van der Waals surface area contributed by atoms with E-state index in [1.165, 1.54) is 26.0 Å². The molecule has 1 aromatic rings. The van der Waals surface area contributed by atoms with Crippen molar-refractivity contribution >= 4 is 31.5 Å². The van der Waals surface area contributed by atoms with E-state index in [1.54, 1.807) is 0 Å². The minimum atomic E-state index is -4.06. The van der Waals surface area contributed by atoms with Gasteiger partial charge in [-0.05, 0) is 0 Å². The summed E-state index contributed by atoms with van der Waals surface area (Å²) in [7, 11) is 5.43. The van der Waals surface area contributed by atoms with Crippen LogP contribution in [-0.2, 0) is 16.1 Å². The van der Waals surface area contributed by atoms with Gasteiger partial charge < -0.3 is 14.6 Å². The van der Waals surface area contributed by atoms with E-state index in [1.807, 2.05) is 0 Å². The van der Waals surface area contributed by atoms with E-state index in [-0.39, 0.29) is 11.5 Å². The summed E-state index contributed by atoms with van der Waals surface area (Å²) in [6.45, 7) is 0. The summed E-state index contributed by atoms with van der Waals surface area (Å²) in [5.41, 5.74) is 0.0597. The van der Waals surface area contributed by atoms with Crippen molar-refractivity contribution in [2.45, 2.75) is 11.5 Å². The van der Waals surface area contributed by atoms with Crippen LogP contribution in [-0.4, -0.2) is 54.3 Å². The molecule has 18 heavy (non-hydrogen) atoms. The number of hydrogen-bond donors (Lipinski definition) is 1. The molecule has 0 aliphatic carbocycles. The van der Waals surface area contributed by atoms with Gasteiger partial charge >= 0.3 is 0 Å². The number of carbonyl (C=O) groups excluding carboxylic acids is 1. The molecule has 0 fully saturated rings. The summed E-state index contributed by atoms with van der Waals surface area (Å²) in [6, 6.07) is 0. The van der Waals surface area contributed by atoms with E-state index in [4.69, 9.17) is 10.7 Å². The van der Waals surface area contributed by atoms with Gasteiger partial charge in [0.1, 0.15) is 0 Å². The largest absolute Gasteiger partial charge is 0.356 e. The Morgan fingerprint density at radius 3 is 2.33 bits per heavy atom. The lowest BCUT2D eigenvalue weighted by atomic mass is 10.3. The van der Waals surface area contributed by atoms with Crippen molar-refractivity contribution in [3.63, 3.8) is 0 Å². The summed E-state index contributed by atoms with van der Waals surface area (Å²) in [5.74, 6) is -0.454. The van der Waals surface area contributed by atoms with Crippen molar-refractivity contribution in [3.8, 4) is 0 Å². The minimum Gasteiger partial charge on any atom is -0.356 e. The maximum absolute atomic E-state index is 12.0. The van der Waals surface area contributed by atoms with E-state index < -0.39 is 26.5 Å². The molecule has 1 amide bonds. The molecule has 2 heterocycles. The molecule has 10 heteroatoms. The third kappa shape index (κ3) is 1.66. The minimum absolute atomic E-state index is 0.0597. The highest BCUT2D eigenvalue weighted by atomic mass is 35.7. The van der Waals surface area contributed by atoms with Crippen LogP contribution in [0.2, 0.25) is 0 Å². The molecule has 0 saturated heterocycles. The monoisotopic (exact) mass is 294 g/mol. The van der Waals surface area contributed by atoms with Crippen LogP contribution in [0.25, 0.3) is 0 Å². The first-order valence-corrected chi connectivity index (χ1v) is 7.16. The van der Waals surface area contributed by atoms with Gasteiger partial charge in [-0.3, -0.25) is 9.69 Å². The van der Waals surface area contributed by atoms with Crippen LogP contribution in [0, 0.1) is 0 Å². The third-order valence-electron chi connectivity index (χ3n) is 2.80. The Labute approximate surface area is 108 Å². The molecule has 0 aromatic carbocycles. The second kappa shape index (κ2) is 3.84. The Hall–Kier alpha value is -1.32. The van der Waals surface area contributed by atoms with Crippen molar-refractivity contribution in [2.24, 2.45) is 7.05 Å². The Bertz CT molecular complexity index is 625. The second-order valence-corrected chi connectivity index (χ2v) is 6.40. The fourth-order valence-electron chi connectivity index (χ4n) is 1.81. The van der Waals surface area contributed by atoms with E-state index in [0.29, 0.717) is 0 Å². The summed E-state index contributed by atoms with van der Waals surface area (Å²) in [6.07, 6.45) is -1.20. The molecule has 1 aliphatic heterocycles. The first-order chi connectivity index (χ1) is 8.16. The third-order valence-corrected chi connectivity index (χ3v) is 4.02. The van der Waals surface area contributed by atoms with Gasteiger partial charge in [-0.15, -0.1) is 0 Å². The fourth-order valence-corrected chi connectivity index (χ4v) is 2.84. The van der Waals surface area contributed by atoms with Crippen molar-refractivity contribution in [2.75, 3.05) is 19.0 Å². The first kappa shape index (κ1) is 13.1. The van der Waals surface area contributed by atoms with Crippen LogP contribution >= 0.6 is 10.7 Å². The number of halogens is 1. The summed E-state index contributed by atoms with van der Waals surface area (Å²) >= 11 is 0. The predicted octanol–water partition coefficient (Wildman–Crippen LogP) is -0.855. The molecule has 0 radical (unpaired) electrons. The van der Waals surface area contributed by atoms with Crippen molar-refractivity contribution in [1.29, 1.82) is 0 Å². The van der Waals surface area contributed by atoms with Gasteiger partial charge in [-0.2, -0.15) is 4.98 Å². The van der Waals surface area contributed by atoms with Gasteiger partial charge in [0.05, 0.1) is 0 Å².